The molecule has 0 bridgehead atoms. The lowest BCUT2D eigenvalue weighted by molar-refractivity contribution is -0.0153. The van der Waals surface area contributed by atoms with Crippen LogP contribution in [0.1, 0.15) is 25.7 Å². The third kappa shape index (κ3) is 0.457. The highest BCUT2D eigenvalue weighted by Gasteiger charge is 2.51. The minimum Gasteiger partial charge on any atom is -0.0842 e. The molecule has 4 atom stereocenters. The van der Waals surface area contributed by atoms with Gasteiger partial charge in [0.15, 0.2) is 0 Å². The first-order chi connectivity index (χ1) is 4.97. The first-order valence-corrected chi connectivity index (χ1v) is 4.65. The Hall–Kier alpha value is -0.260. The van der Waals surface area contributed by atoms with Crippen LogP contribution < -0.4 is 0 Å². The van der Waals surface area contributed by atoms with Crippen LogP contribution in [0.5, 0.6) is 0 Å². The quantitative estimate of drug-likeness (QED) is 0.447. The molecule has 0 heterocycles. The molecule has 0 N–H and O–H groups in total. The van der Waals surface area contributed by atoms with E-state index in [2.05, 4.69) is 12.2 Å². The van der Waals surface area contributed by atoms with Gasteiger partial charge in [0.05, 0.1) is 0 Å². The average Bonchev–Trinajstić information content (AvgIpc) is 1.90. The smallest absolute Gasteiger partial charge is 0.0136 e. The molecule has 0 heteroatoms. The molecule has 0 aromatic rings. The molecule has 4 unspecified atom stereocenters. The second-order valence-electron chi connectivity index (χ2n) is 4.15. The summed E-state index contributed by atoms with van der Waals surface area (Å²) in [7, 11) is 0. The summed E-state index contributed by atoms with van der Waals surface area (Å²) in [5, 5.41) is 0. The number of hydrogen-bond acceptors (Lipinski definition) is 0. The largest absolute Gasteiger partial charge is 0.0842 e. The summed E-state index contributed by atoms with van der Waals surface area (Å²) >= 11 is 0. The Morgan fingerprint density at radius 2 is 1.30 bits per heavy atom. The van der Waals surface area contributed by atoms with Gasteiger partial charge in [0.25, 0.3) is 0 Å². The monoisotopic (exact) mass is 134 g/mol. The van der Waals surface area contributed by atoms with E-state index in [-0.39, 0.29) is 0 Å². The van der Waals surface area contributed by atoms with E-state index in [0.29, 0.717) is 0 Å². The molecule has 3 aliphatic carbocycles. The summed E-state index contributed by atoms with van der Waals surface area (Å²) in [5.41, 5.74) is 0. The lowest BCUT2D eigenvalue weighted by Gasteiger charge is -2.57. The van der Waals surface area contributed by atoms with Crippen molar-refractivity contribution >= 4 is 0 Å². The lowest BCUT2D eigenvalue weighted by Crippen LogP contribution is -2.50. The predicted molar refractivity (Wildman–Crippen MR) is 41.6 cm³/mol. The van der Waals surface area contributed by atoms with Gasteiger partial charge in [-0.25, -0.2) is 0 Å². The normalized spacial score (nSPS) is 56.0. The average molecular weight is 134 g/mol. The SMILES string of the molecule is C1=CC2C1C1CCCCC21. The summed E-state index contributed by atoms with van der Waals surface area (Å²) in [5.74, 6) is 4.35. The van der Waals surface area contributed by atoms with Crippen LogP contribution in [0.2, 0.25) is 0 Å². The van der Waals surface area contributed by atoms with Crippen LogP contribution in [0.4, 0.5) is 0 Å². The fourth-order valence-corrected chi connectivity index (χ4v) is 3.22. The highest BCUT2D eigenvalue weighted by Crippen LogP contribution is 2.58. The number of rotatable bonds is 0. The highest BCUT2D eigenvalue weighted by atomic mass is 14.6. The van der Waals surface area contributed by atoms with E-state index >= 15 is 0 Å². The Morgan fingerprint density at radius 1 is 0.800 bits per heavy atom. The maximum absolute atomic E-state index is 2.44. The fourth-order valence-electron chi connectivity index (χ4n) is 3.22. The van der Waals surface area contributed by atoms with E-state index < -0.39 is 0 Å². The van der Waals surface area contributed by atoms with Gasteiger partial charge >= 0.3 is 0 Å². The van der Waals surface area contributed by atoms with Crippen LogP contribution in [0.15, 0.2) is 12.2 Å². The van der Waals surface area contributed by atoms with Gasteiger partial charge in [-0.15, -0.1) is 0 Å². The third-order valence-electron chi connectivity index (χ3n) is 3.86. The Bertz CT molecular complexity index is 160. The van der Waals surface area contributed by atoms with Gasteiger partial charge in [-0.1, -0.05) is 25.0 Å². The molecule has 0 spiro atoms. The first kappa shape index (κ1) is 5.40. The molecule has 3 aliphatic rings. The van der Waals surface area contributed by atoms with Gasteiger partial charge in [0.2, 0.25) is 0 Å². The first-order valence-electron chi connectivity index (χ1n) is 4.65. The zero-order valence-electron chi connectivity index (χ0n) is 6.29. The Balaban J connectivity index is 1.83. The number of fused-ring (bicyclic) bond motifs is 4. The number of allylic oxidation sites excluding steroid dienone is 2. The van der Waals surface area contributed by atoms with Gasteiger partial charge in [-0.2, -0.15) is 0 Å². The minimum atomic E-state index is 1.05. The van der Waals surface area contributed by atoms with Crippen molar-refractivity contribution in [2.75, 3.05) is 0 Å². The van der Waals surface area contributed by atoms with Crippen molar-refractivity contribution in [2.45, 2.75) is 25.7 Å². The Kier molecular flexibility index (Phi) is 0.898. The molecule has 10 heavy (non-hydrogen) atoms. The second-order valence-corrected chi connectivity index (χ2v) is 4.15. The molecule has 3 rings (SSSR count). The third-order valence-corrected chi connectivity index (χ3v) is 3.86. The van der Waals surface area contributed by atoms with Crippen molar-refractivity contribution in [3.63, 3.8) is 0 Å². The maximum atomic E-state index is 2.44. The van der Waals surface area contributed by atoms with Crippen LogP contribution in [0, 0.1) is 23.7 Å². The zero-order chi connectivity index (χ0) is 6.55. The van der Waals surface area contributed by atoms with Crippen LogP contribution in [0.3, 0.4) is 0 Å². The van der Waals surface area contributed by atoms with E-state index in [4.69, 9.17) is 0 Å². The summed E-state index contributed by atoms with van der Waals surface area (Å²) < 4.78 is 0. The van der Waals surface area contributed by atoms with Crippen molar-refractivity contribution in [2.24, 2.45) is 23.7 Å². The topological polar surface area (TPSA) is 0 Å². The Morgan fingerprint density at radius 3 is 1.70 bits per heavy atom. The van der Waals surface area contributed by atoms with Crippen molar-refractivity contribution in [1.82, 2.24) is 0 Å². The van der Waals surface area contributed by atoms with Gasteiger partial charge in [0, 0.05) is 0 Å². The van der Waals surface area contributed by atoms with E-state index in [0.717, 1.165) is 23.7 Å². The lowest BCUT2D eigenvalue weighted by atomic mass is 9.47. The Labute approximate surface area is 62.3 Å². The van der Waals surface area contributed by atoms with Crippen LogP contribution in [-0.2, 0) is 0 Å². The van der Waals surface area contributed by atoms with Gasteiger partial charge in [-0.3, -0.25) is 0 Å². The molecule has 0 saturated heterocycles. The molecular weight excluding hydrogens is 120 g/mol. The van der Waals surface area contributed by atoms with Crippen molar-refractivity contribution in [1.29, 1.82) is 0 Å². The minimum absolute atomic E-state index is 1.05. The molecule has 54 valence electrons. The second kappa shape index (κ2) is 1.66. The van der Waals surface area contributed by atoms with E-state index in [1.807, 2.05) is 0 Å². The van der Waals surface area contributed by atoms with Gasteiger partial charge < -0.3 is 0 Å². The van der Waals surface area contributed by atoms with Crippen molar-refractivity contribution < 1.29 is 0 Å². The summed E-state index contributed by atoms with van der Waals surface area (Å²) in [6.45, 7) is 0. The van der Waals surface area contributed by atoms with Crippen molar-refractivity contribution in [3.8, 4) is 0 Å². The molecule has 0 nitrogen and oxygen atoms in total. The van der Waals surface area contributed by atoms with Gasteiger partial charge in [0.1, 0.15) is 0 Å². The zero-order valence-corrected chi connectivity index (χ0v) is 6.29. The highest BCUT2D eigenvalue weighted by molar-refractivity contribution is 5.21. The molecule has 0 aromatic heterocycles. The molecule has 0 radical (unpaired) electrons. The maximum Gasteiger partial charge on any atom is -0.0136 e. The summed E-state index contributed by atoms with van der Waals surface area (Å²) in [6.07, 6.45) is 11.0. The standard InChI is InChI=1S/C10H14/c1-2-4-8-7(3-1)9-5-6-10(8)9/h5-10H,1-4H2. The molecule has 0 amide bonds. The number of hydrogen-bond donors (Lipinski definition) is 0. The molecule has 0 aliphatic heterocycles. The van der Waals surface area contributed by atoms with Gasteiger partial charge in [-0.05, 0) is 36.5 Å². The van der Waals surface area contributed by atoms with E-state index in [1.54, 1.807) is 0 Å². The van der Waals surface area contributed by atoms with Crippen LogP contribution >= 0.6 is 0 Å². The molecular formula is C10H14. The predicted octanol–water partition coefficient (Wildman–Crippen LogP) is 2.61. The summed E-state index contributed by atoms with van der Waals surface area (Å²) in [4.78, 5) is 0. The summed E-state index contributed by atoms with van der Waals surface area (Å²) in [6, 6.07) is 0. The van der Waals surface area contributed by atoms with E-state index in [1.165, 1.54) is 25.7 Å². The molecule has 2 saturated carbocycles. The van der Waals surface area contributed by atoms with Crippen LogP contribution in [-0.4, -0.2) is 0 Å². The van der Waals surface area contributed by atoms with E-state index in [9.17, 15) is 0 Å². The molecule has 2 fully saturated rings. The van der Waals surface area contributed by atoms with Crippen molar-refractivity contribution in [3.05, 3.63) is 12.2 Å². The fraction of sp³-hybridized carbons (Fsp3) is 0.800. The van der Waals surface area contributed by atoms with Crippen LogP contribution in [0.25, 0.3) is 0 Å². The molecule has 0 aromatic carbocycles.